The first-order valence-corrected chi connectivity index (χ1v) is 44.6. The van der Waals surface area contributed by atoms with Gasteiger partial charge in [0.2, 0.25) is 47.3 Å². The van der Waals surface area contributed by atoms with Gasteiger partial charge in [0.25, 0.3) is 0 Å². The van der Waals surface area contributed by atoms with E-state index in [2.05, 4.69) is 135 Å². The molecule has 0 radical (unpaired) electrons. The Kier molecular flexibility index (Phi) is 56.6. The van der Waals surface area contributed by atoms with Crippen LogP contribution in [0.3, 0.4) is 0 Å². The van der Waals surface area contributed by atoms with Gasteiger partial charge in [0.05, 0.1) is 12.6 Å². The van der Waals surface area contributed by atoms with Crippen LogP contribution in [0.4, 0.5) is 13.2 Å². The van der Waals surface area contributed by atoms with Crippen molar-refractivity contribution in [3.8, 4) is 0 Å². The maximum Gasteiger partial charge on any atom is 0.222 e. The number of methoxy groups -OCH3 is 1. The van der Waals surface area contributed by atoms with Crippen LogP contribution in [0.15, 0.2) is 206 Å². The molecule has 21 heteroatoms. The molecule has 8 rings (SSSR count). The number of thiophene rings is 1. The van der Waals surface area contributed by atoms with Crippen LogP contribution in [-0.2, 0) is 81.6 Å². The van der Waals surface area contributed by atoms with Gasteiger partial charge in [-0.05, 0) is 172 Å². The summed E-state index contributed by atoms with van der Waals surface area (Å²) >= 11 is 1.73. The van der Waals surface area contributed by atoms with Crippen molar-refractivity contribution < 1.29 is 56.3 Å². The molecule has 0 spiro atoms. The zero-order chi connectivity index (χ0) is 93.4. The van der Waals surface area contributed by atoms with Crippen molar-refractivity contribution in [3.63, 3.8) is 0 Å². The highest BCUT2D eigenvalue weighted by Gasteiger charge is 2.23. The van der Waals surface area contributed by atoms with E-state index in [0.29, 0.717) is 38.0 Å². The van der Waals surface area contributed by atoms with Crippen molar-refractivity contribution in [1.82, 2.24) is 42.5 Å². The first-order valence-electron chi connectivity index (χ1n) is 43.7. The average molecular weight is 1730 g/mol. The highest BCUT2D eigenvalue weighted by atomic mass is 32.1. The molecule has 124 heavy (non-hydrogen) atoms. The van der Waals surface area contributed by atoms with E-state index < -0.39 is 0 Å². The molecule has 0 aliphatic heterocycles. The minimum atomic E-state index is -0.320. The summed E-state index contributed by atoms with van der Waals surface area (Å²) in [7, 11) is 1.65. The van der Waals surface area contributed by atoms with Crippen molar-refractivity contribution in [1.29, 1.82) is 0 Å². The quantitative estimate of drug-likeness (QED) is 0.0191. The third-order valence-electron chi connectivity index (χ3n) is 18.9. The normalized spacial score (nSPS) is 11.9. The Morgan fingerprint density at radius 2 is 0.669 bits per heavy atom. The number of hydrogen-bond donors (Lipinski definition) is 8. The molecular weight excluding hydrogens is 1580 g/mol. The average Bonchev–Trinajstić information content (AvgIpc) is 1.00. The Hall–Kier alpha value is -10.3. The fourth-order valence-electron chi connectivity index (χ4n) is 11.1. The summed E-state index contributed by atoms with van der Waals surface area (Å²) in [4.78, 5) is 92.6. The van der Waals surface area contributed by atoms with Crippen molar-refractivity contribution in [2.75, 3.05) is 39.9 Å². The lowest BCUT2D eigenvalue weighted by atomic mass is 9.94. The maximum atomic E-state index is 12.8. The standard InChI is InChI=1S/C14H20FNO.C14H21NO2.2C13H18FNO.3C13H19NO.C10H15NOS/c1-10(2)13(17)16-14(3,4)9-11-5-7-12(15)8-6-11;1-11(2)14(16)15-13(10-17-3)9-12-7-5-4-6-8-12;2*1-9(2)13(16)15-10(3)8-11-4-6-12(14)7-5-11;1-10(2)13(15)14-9-8-12-6-4-11(3)5-7-12;2*1-10(2)13(15)14-9-11(3)12-7-5-4-6-8-12;1-8(2)10(12)11-6-5-9-4-3-7-13-9/h5-8,10H,9H2,1-4H3,(H,16,17);4-8,11,13H,9-10H2,1-3H3,(H,15,16);2*4-7,9-10H,8H2,1-3H3,(H,15,16);4-7,10H,8-9H2,1-3H3,(H,14,15);2*4-8,10-11H,9H2,1-3H3,(H,14,15);3-4,7-8H,5-6H2,1-2H3,(H,11,12)/t;13-;2*10-;;2*11-;/m.010.10./s1. The molecule has 682 valence electrons. The zero-order valence-electron chi connectivity index (χ0n) is 78.6. The van der Waals surface area contributed by atoms with Gasteiger partial charge in [-0.1, -0.05) is 288 Å². The maximum absolute atomic E-state index is 12.8. The Morgan fingerprint density at radius 1 is 0.347 bits per heavy atom. The van der Waals surface area contributed by atoms with Crippen LogP contribution in [0.5, 0.6) is 0 Å². The molecule has 5 atom stereocenters. The number of carbonyl (C=O) groups excluding carboxylic acids is 8. The van der Waals surface area contributed by atoms with Gasteiger partial charge in [-0.2, -0.15) is 0 Å². The number of amides is 8. The molecule has 1 aromatic heterocycles. The highest BCUT2D eigenvalue weighted by Crippen LogP contribution is 2.18. The van der Waals surface area contributed by atoms with Gasteiger partial charge in [0.15, 0.2) is 0 Å². The number of carbonyl (C=O) groups is 8. The van der Waals surface area contributed by atoms with Gasteiger partial charge in [-0.3, -0.25) is 38.4 Å². The predicted octanol–water partition coefficient (Wildman–Crippen LogP) is 19.5. The van der Waals surface area contributed by atoms with Crippen LogP contribution in [0.25, 0.3) is 0 Å². The lowest BCUT2D eigenvalue weighted by Crippen LogP contribution is -2.46. The highest BCUT2D eigenvalue weighted by molar-refractivity contribution is 7.09. The summed E-state index contributed by atoms with van der Waals surface area (Å²) in [6.07, 6.45) is 4.77. The lowest BCUT2D eigenvalue weighted by Gasteiger charge is -2.27. The number of ether oxygens (including phenoxy) is 1. The third kappa shape index (κ3) is 53.7. The second kappa shape index (κ2) is 62.8. The third-order valence-corrected chi connectivity index (χ3v) is 19.9. The van der Waals surface area contributed by atoms with Crippen LogP contribution in [-0.4, -0.2) is 111 Å². The number of rotatable bonds is 34. The van der Waals surface area contributed by atoms with Crippen molar-refractivity contribution in [2.45, 2.75) is 233 Å². The summed E-state index contributed by atoms with van der Waals surface area (Å²) in [6, 6.07) is 62.4. The van der Waals surface area contributed by atoms with Gasteiger partial charge >= 0.3 is 0 Å². The fourth-order valence-corrected chi connectivity index (χ4v) is 11.8. The molecule has 1 heterocycles. The molecule has 0 saturated heterocycles. The summed E-state index contributed by atoms with van der Waals surface area (Å²) in [6.45, 7) is 47.8. The monoisotopic (exact) mass is 1730 g/mol. The summed E-state index contributed by atoms with van der Waals surface area (Å²) in [5.41, 5.74) is 9.02. The van der Waals surface area contributed by atoms with E-state index >= 15 is 0 Å². The molecule has 17 nitrogen and oxygen atoms in total. The molecule has 0 aliphatic rings. The van der Waals surface area contributed by atoms with Crippen molar-refractivity contribution >= 4 is 58.6 Å². The summed E-state index contributed by atoms with van der Waals surface area (Å²) in [5.74, 6) is 1.01. The number of nitrogens with one attached hydrogen (secondary N) is 8. The molecule has 0 bridgehead atoms. The Labute approximate surface area is 746 Å². The summed E-state index contributed by atoms with van der Waals surface area (Å²) in [5, 5.41) is 25.5. The first kappa shape index (κ1) is 112. The first-order chi connectivity index (χ1) is 58.4. The van der Waals surface area contributed by atoms with Crippen molar-refractivity contribution in [2.24, 2.45) is 47.3 Å². The van der Waals surface area contributed by atoms with Crippen LogP contribution >= 0.6 is 11.3 Å². The van der Waals surface area contributed by atoms with Gasteiger partial charge in [0, 0.05) is 103 Å². The van der Waals surface area contributed by atoms with E-state index in [1.807, 2.05) is 199 Å². The molecule has 8 aromatic rings. The van der Waals surface area contributed by atoms with Gasteiger partial charge in [-0.15, -0.1) is 11.3 Å². The van der Waals surface area contributed by atoms with E-state index in [4.69, 9.17) is 4.74 Å². The van der Waals surface area contributed by atoms with E-state index in [1.54, 1.807) is 54.8 Å². The largest absolute Gasteiger partial charge is 0.383 e. The van der Waals surface area contributed by atoms with Crippen molar-refractivity contribution in [3.05, 3.63) is 272 Å². The molecule has 0 unspecified atom stereocenters. The molecule has 8 N–H and O–H groups in total. The Bertz CT molecular complexity index is 4090. The van der Waals surface area contributed by atoms with E-state index in [1.165, 1.54) is 69.1 Å². The smallest absolute Gasteiger partial charge is 0.222 e. The topological polar surface area (TPSA) is 242 Å². The lowest BCUT2D eigenvalue weighted by molar-refractivity contribution is -0.126. The minimum absolute atomic E-state index is 0.00401. The molecule has 7 aromatic carbocycles. The Morgan fingerprint density at radius 3 is 1.02 bits per heavy atom. The van der Waals surface area contributed by atoms with Gasteiger partial charge < -0.3 is 47.3 Å². The second-order valence-corrected chi connectivity index (χ2v) is 35.5. The van der Waals surface area contributed by atoms with Crippen LogP contribution in [0, 0.1) is 71.7 Å². The number of hydrogen-bond acceptors (Lipinski definition) is 10. The molecule has 0 aliphatic carbocycles. The molecule has 0 fully saturated rings. The SMILES string of the molecule is CC(C)C(=O)NC(C)(C)Cc1ccc(F)cc1.CC(C)C(=O)NCCc1cccs1.CC(C)C(=O)NC[C@@H](C)c1ccccc1.CC(C)C(=O)NC[C@H](C)c1ccccc1.CC(C)C(=O)N[C@@H](C)Cc1ccc(F)cc1.CC(C)C(=O)N[C@H](C)Cc1ccc(F)cc1.COC[C@H](Cc1ccccc1)NC(=O)C(C)C.Cc1ccc(CCNC(=O)C(C)C)cc1. The number of halogens is 3. The second-order valence-electron chi connectivity index (χ2n) is 34.5. The predicted molar refractivity (Wildman–Crippen MR) is 505 cm³/mol. The zero-order valence-corrected chi connectivity index (χ0v) is 79.4. The number of benzene rings is 7. The summed E-state index contributed by atoms with van der Waals surface area (Å²) < 4.78 is 43.2. The van der Waals surface area contributed by atoms with Crippen LogP contribution in [0.1, 0.15) is 214 Å². The van der Waals surface area contributed by atoms with Crippen LogP contribution in [0.2, 0.25) is 0 Å². The number of aryl methyl sites for hydroxylation is 1. The van der Waals surface area contributed by atoms with E-state index in [-0.39, 0.29) is 136 Å². The Balaban J connectivity index is 0.000000709. The van der Waals surface area contributed by atoms with Gasteiger partial charge in [0.1, 0.15) is 17.5 Å². The van der Waals surface area contributed by atoms with E-state index in [9.17, 15) is 51.5 Å². The van der Waals surface area contributed by atoms with E-state index in [0.717, 1.165) is 61.9 Å². The molecular formula is C103H149F3N8O9S. The van der Waals surface area contributed by atoms with Crippen LogP contribution < -0.4 is 42.5 Å². The van der Waals surface area contributed by atoms with Gasteiger partial charge in [-0.25, -0.2) is 13.2 Å². The molecule has 0 saturated carbocycles. The minimum Gasteiger partial charge on any atom is -0.383 e. The molecule has 8 amide bonds. The fraction of sp³-hybridized carbons (Fsp3) is 0.476.